The summed E-state index contributed by atoms with van der Waals surface area (Å²) in [6.07, 6.45) is 0. The van der Waals surface area contributed by atoms with Crippen LogP contribution in [0.1, 0.15) is 5.56 Å². The lowest BCUT2D eigenvalue weighted by Gasteiger charge is -2.29. The van der Waals surface area contributed by atoms with E-state index < -0.39 is 9.62 Å². The Balaban J connectivity index is 2.41. The molecule has 1 aliphatic heterocycles. The number of rotatable bonds is 3. The summed E-state index contributed by atoms with van der Waals surface area (Å²) in [4.78, 5) is 12.2. The molecule has 0 aliphatic carbocycles. The highest BCUT2D eigenvalue weighted by atomic mass is 79.9. The number of ether oxygens (including phenoxy) is 1. The van der Waals surface area contributed by atoms with E-state index in [0.717, 1.165) is 6.07 Å². The number of morpholine rings is 1. The maximum Gasteiger partial charge on any atom is 0.272 e. The first-order chi connectivity index (χ1) is 8.88. The zero-order chi connectivity index (χ0) is 14.0. The Morgan fingerprint density at radius 3 is 2.47 bits per heavy atom. The van der Waals surface area contributed by atoms with Gasteiger partial charge in [-0.15, -0.1) is 0 Å². The second kappa shape index (κ2) is 5.41. The van der Waals surface area contributed by atoms with Gasteiger partial charge < -0.3 is 19.8 Å². The van der Waals surface area contributed by atoms with E-state index in [4.69, 9.17) is 4.74 Å². The summed E-state index contributed by atoms with van der Waals surface area (Å²) in [7, 11) is 0. The van der Waals surface area contributed by atoms with Crippen LogP contribution in [0, 0.1) is 10.1 Å². The Hall–Kier alpha value is -1.22. The van der Waals surface area contributed by atoms with Crippen molar-refractivity contribution in [3.8, 4) is 0 Å². The van der Waals surface area contributed by atoms with Gasteiger partial charge in [0.25, 0.3) is 5.69 Å². The van der Waals surface area contributed by atoms with Crippen molar-refractivity contribution in [3.63, 3.8) is 0 Å². The van der Waals surface area contributed by atoms with Gasteiger partial charge in [-0.25, -0.2) is 0 Å². The Labute approximate surface area is 117 Å². The molecule has 1 saturated heterocycles. The third-order valence-corrected chi connectivity index (χ3v) is 3.31. The normalized spacial score (nSPS) is 16.5. The molecule has 8 heteroatoms. The molecule has 1 aromatic carbocycles. The molecular formula is C11H13BrN2O5. The Kier molecular flexibility index (Phi) is 4.04. The Morgan fingerprint density at radius 1 is 1.32 bits per heavy atom. The van der Waals surface area contributed by atoms with Gasteiger partial charge in [-0.2, -0.15) is 0 Å². The van der Waals surface area contributed by atoms with Crippen molar-refractivity contribution < 1.29 is 19.9 Å². The maximum absolute atomic E-state index is 10.9. The van der Waals surface area contributed by atoms with Gasteiger partial charge in [-0.05, 0) is 22.0 Å². The average molecular weight is 333 g/mol. The van der Waals surface area contributed by atoms with E-state index in [2.05, 4.69) is 15.9 Å². The zero-order valence-electron chi connectivity index (χ0n) is 9.95. The number of anilines is 1. The van der Waals surface area contributed by atoms with E-state index in [9.17, 15) is 20.3 Å². The van der Waals surface area contributed by atoms with Crippen LogP contribution in [0.15, 0.2) is 18.2 Å². The van der Waals surface area contributed by atoms with Crippen molar-refractivity contribution >= 4 is 27.3 Å². The van der Waals surface area contributed by atoms with Crippen LogP contribution in [0.25, 0.3) is 0 Å². The molecule has 0 saturated carbocycles. The molecule has 0 aromatic heterocycles. The van der Waals surface area contributed by atoms with Crippen molar-refractivity contribution in [1.82, 2.24) is 0 Å². The second-order valence-electron chi connectivity index (χ2n) is 4.18. The molecule has 1 aliphatic rings. The van der Waals surface area contributed by atoms with Crippen molar-refractivity contribution in [3.05, 3.63) is 33.9 Å². The summed E-state index contributed by atoms with van der Waals surface area (Å²) in [6, 6.07) is 4.04. The number of nitro benzene ring substituents is 1. The molecule has 0 atom stereocenters. The van der Waals surface area contributed by atoms with Crippen LogP contribution in [-0.2, 0) is 9.43 Å². The zero-order valence-corrected chi connectivity index (χ0v) is 11.5. The van der Waals surface area contributed by atoms with E-state index >= 15 is 0 Å². The lowest BCUT2D eigenvalue weighted by molar-refractivity contribution is -0.385. The SMILES string of the molecule is O=[N+]([O-])c1cc(N2CCOCC2)cc(C(O)(O)Br)c1. The monoisotopic (exact) mass is 332 g/mol. The molecule has 7 nitrogen and oxygen atoms in total. The molecule has 1 heterocycles. The largest absolute Gasteiger partial charge is 0.378 e. The predicted octanol–water partition coefficient (Wildman–Crippen LogP) is 0.921. The molecule has 0 bridgehead atoms. The molecule has 0 spiro atoms. The van der Waals surface area contributed by atoms with Gasteiger partial charge in [0.2, 0.25) is 4.70 Å². The van der Waals surface area contributed by atoms with E-state index in [1.807, 2.05) is 4.90 Å². The first-order valence-electron chi connectivity index (χ1n) is 5.64. The molecule has 0 radical (unpaired) electrons. The van der Waals surface area contributed by atoms with Crippen LogP contribution >= 0.6 is 15.9 Å². The van der Waals surface area contributed by atoms with Crippen molar-refractivity contribution in [1.29, 1.82) is 0 Å². The third kappa shape index (κ3) is 3.41. The minimum Gasteiger partial charge on any atom is -0.378 e. The first kappa shape index (κ1) is 14.2. The fourth-order valence-corrected chi connectivity index (χ4v) is 2.12. The average Bonchev–Trinajstić information content (AvgIpc) is 2.38. The smallest absolute Gasteiger partial charge is 0.272 e. The standard InChI is InChI=1S/C11H13BrN2O5/c12-11(15,16)8-5-9(7-10(6-8)14(17)18)13-1-3-19-4-2-13/h5-7,15-16H,1-4H2. The summed E-state index contributed by atoms with van der Waals surface area (Å²) in [5, 5.41) is 29.9. The fourth-order valence-electron chi connectivity index (χ4n) is 1.89. The Morgan fingerprint density at radius 2 is 1.95 bits per heavy atom. The van der Waals surface area contributed by atoms with E-state index in [0.29, 0.717) is 32.0 Å². The lowest BCUT2D eigenvalue weighted by Crippen LogP contribution is -2.36. The molecule has 2 N–H and O–H groups in total. The summed E-state index contributed by atoms with van der Waals surface area (Å²) in [5.41, 5.74) is 0.397. The van der Waals surface area contributed by atoms with Crippen LogP contribution in [0.2, 0.25) is 0 Å². The molecular weight excluding hydrogens is 320 g/mol. The topological polar surface area (TPSA) is 96.1 Å². The quantitative estimate of drug-likeness (QED) is 0.370. The highest BCUT2D eigenvalue weighted by molar-refractivity contribution is 9.09. The summed E-state index contributed by atoms with van der Waals surface area (Å²) >= 11 is 2.67. The van der Waals surface area contributed by atoms with E-state index in [-0.39, 0.29) is 11.3 Å². The molecule has 104 valence electrons. The van der Waals surface area contributed by atoms with Gasteiger partial charge >= 0.3 is 0 Å². The van der Waals surface area contributed by atoms with Crippen LogP contribution in [-0.4, -0.2) is 41.4 Å². The molecule has 19 heavy (non-hydrogen) atoms. The molecule has 1 fully saturated rings. The van der Waals surface area contributed by atoms with Crippen LogP contribution in [0.4, 0.5) is 11.4 Å². The number of hydrogen-bond donors (Lipinski definition) is 2. The molecule has 1 aromatic rings. The fraction of sp³-hybridized carbons (Fsp3) is 0.455. The van der Waals surface area contributed by atoms with Gasteiger partial charge in [-0.1, -0.05) is 0 Å². The summed E-state index contributed by atoms with van der Waals surface area (Å²) in [5.74, 6) is 0. The van der Waals surface area contributed by atoms with Crippen molar-refractivity contribution in [2.75, 3.05) is 31.2 Å². The summed E-state index contributed by atoms with van der Waals surface area (Å²) < 4.78 is 2.92. The third-order valence-electron chi connectivity index (χ3n) is 2.86. The minimum atomic E-state index is -2.29. The van der Waals surface area contributed by atoms with Crippen LogP contribution < -0.4 is 4.90 Å². The van der Waals surface area contributed by atoms with E-state index in [1.165, 1.54) is 12.1 Å². The minimum absolute atomic E-state index is 0.0168. The number of aliphatic hydroxyl groups is 2. The van der Waals surface area contributed by atoms with Gasteiger partial charge in [0.05, 0.1) is 18.1 Å². The van der Waals surface area contributed by atoms with Crippen molar-refractivity contribution in [2.24, 2.45) is 0 Å². The summed E-state index contributed by atoms with van der Waals surface area (Å²) in [6.45, 7) is 2.28. The number of benzene rings is 1. The second-order valence-corrected chi connectivity index (χ2v) is 5.29. The Bertz CT molecular complexity index is 482. The van der Waals surface area contributed by atoms with Crippen LogP contribution in [0.3, 0.4) is 0 Å². The first-order valence-corrected chi connectivity index (χ1v) is 6.43. The number of non-ortho nitro benzene ring substituents is 1. The molecule has 2 rings (SSSR count). The maximum atomic E-state index is 10.9. The highest BCUT2D eigenvalue weighted by Gasteiger charge is 2.26. The van der Waals surface area contributed by atoms with Gasteiger partial charge in [0.15, 0.2) is 0 Å². The predicted molar refractivity (Wildman–Crippen MR) is 71.2 cm³/mol. The van der Waals surface area contributed by atoms with Crippen LogP contribution in [0.5, 0.6) is 0 Å². The lowest BCUT2D eigenvalue weighted by atomic mass is 10.1. The van der Waals surface area contributed by atoms with Gasteiger partial charge in [-0.3, -0.25) is 10.1 Å². The molecule has 0 unspecified atom stereocenters. The van der Waals surface area contributed by atoms with Gasteiger partial charge in [0, 0.05) is 36.5 Å². The highest BCUT2D eigenvalue weighted by Crippen LogP contribution is 2.32. The number of halogens is 1. The van der Waals surface area contributed by atoms with E-state index in [1.54, 1.807) is 0 Å². The number of nitro groups is 1. The number of hydrogen-bond acceptors (Lipinski definition) is 6. The molecule has 0 amide bonds. The number of nitrogens with zero attached hydrogens (tertiary/aromatic N) is 2. The van der Waals surface area contributed by atoms with Crippen molar-refractivity contribution in [2.45, 2.75) is 4.70 Å². The van der Waals surface area contributed by atoms with Gasteiger partial charge in [0.1, 0.15) is 0 Å². The number of alkyl halides is 1.